The van der Waals surface area contributed by atoms with Crippen molar-refractivity contribution in [2.45, 2.75) is 6.54 Å². The molecule has 1 amide bonds. The molecular weight excluding hydrogens is 368 g/mol. The van der Waals surface area contributed by atoms with Gasteiger partial charge in [-0.25, -0.2) is 14.6 Å². The maximum absolute atomic E-state index is 12.2. The minimum atomic E-state index is -0.169. The first-order valence-electron chi connectivity index (χ1n) is 8.75. The summed E-state index contributed by atoms with van der Waals surface area (Å²) >= 11 is 5.93. The predicted octanol–water partition coefficient (Wildman–Crippen LogP) is 1.75. The fraction of sp³-hybridized carbons (Fsp3) is 0.333. The number of halogens is 1. The van der Waals surface area contributed by atoms with Gasteiger partial charge < -0.3 is 15.0 Å². The van der Waals surface area contributed by atoms with Gasteiger partial charge in [-0.15, -0.1) is 0 Å². The first kappa shape index (κ1) is 17.7. The van der Waals surface area contributed by atoms with Gasteiger partial charge in [-0.1, -0.05) is 17.7 Å². The lowest BCUT2D eigenvalue weighted by Gasteiger charge is -2.27. The molecule has 1 N–H and O–H groups in total. The second-order valence-corrected chi connectivity index (χ2v) is 6.60. The van der Waals surface area contributed by atoms with Gasteiger partial charge in [0, 0.05) is 30.2 Å². The molecule has 1 saturated heterocycles. The minimum Gasteiger partial charge on any atom is -0.378 e. The third-order valence-corrected chi connectivity index (χ3v) is 4.65. The Labute approximate surface area is 161 Å². The van der Waals surface area contributed by atoms with Crippen molar-refractivity contribution in [2.75, 3.05) is 37.7 Å². The first-order valence-corrected chi connectivity index (χ1v) is 9.13. The van der Waals surface area contributed by atoms with E-state index in [1.54, 1.807) is 41.5 Å². The van der Waals surface area contributed by atoms with Crippen LogP contribution in [-0.4, -0.2) is 58.5 Å². The lowest BCUT2D eigenvalue weighted by atomic mass is 10.2. The Balaban J connectivity index is 1.44. The van der Waals surface area contributed by atoms with Crippen molar-refractivity contribution in [3.8, 4) is 0 Å². The molecule has 0 saturated carbocycles. The number of ether oxygens (including phenoxy) is 1. The second-order valence-electron chi connectivity index (χ2n) is 6.17. The van der Waals surface area contributed by atoms with Crippen LogP contribution in [0.15, 0.2) is 36.8 Å². The highest BCUT2D eigenvalue weighted by atomic mass is 35.5. The maximum atomic E-state index is 12.2. The van der Waals surface area contributed by atoms with Gasteiger partial charge in [-0.3, -0.25) is 4.79 Å². The normalized spacial score (nSPS) is 14.5. The molecule has 0 spiro atoms. The van der Waals surface area contributed by atoms with E-state index in [1.807, 2.05) is 0 Å². The number of nitrogens with zero attached hydrogens (tertiary/aromatic N) is 5. The van der Waals surface area contributed by atoms with Crippen molar-refractivity contribution in [3.63, 3.8) is 0 Å². The number of carbonyl (C=O) groups is 1. The molecule has 0 unspecified atom stereocenters. The molecular formula is C18H19ClN6O2. The summed E-state index contributed by atoms with van der Waals surface area (Å²) in [4.78, 5) is 23.2. The molecule has 1 aliphatic heterocycles. The van der Waals surface area contributed by atoms with Crippen LogP contribution in [0.2, 0.25) is 5.02 Å². The number of hydrogen-bond acceptors (Lipinski definition) is 6. The molecule has 0 aliphatic carbocycles. The molecule has 1 fully saturated rings. The lowest BCUT2D eigenvalue weighted by Crippen LogP contribution is -2.36. The van der Waals surface area contributed by atoms with Gasteiger partial charge in [-0.05, 0) is 18.2 Å². The summed E-state index contributed by atoms with van der Waals surface area (Å²) in [7, 11) is 0. The van der Waals surface area contributed by atoms with Gasteiger partial charge in [0.1, 0.15) is 12.1 Å². The van der Waals surface area contributed by atoms with Gasteiger partial charge in [0.25, 0.3) is 5.91 Å². The Kier molecular flexibility index (Phi) is 5.17. The zero-order valence-electron chi connectivity index (χ0n) is 14.6. The van der Waals surface area contributed by atoms with E-state index in [4.69, 9.17) is 16.3 Å². The van der Waals surface area contributed by atoms with Crippen molar-refractivity contribution in [1.29, 1.82) is 0 Å². The predicted molar refractivity (Wildman–Crippen MR) is 102 cm³/mol. The van der Waals surface area contributed by atoms with E-state index in [0.29, 0.717) is 36.9 Å². The Morgan fingerprint density at radius 2 is 2.11 bits per heavy atom. The van der Waals surface area contributed by atoms with Gasteiger partial charge in [0.15, 0.2) is 5.65 Å². The van der Waals surface area contributed by atoms with Crippen LogP contribution in [0, 0.1) is 0 Å². The highest BCUT2D eigenvalue weighted by molar-refractivity contribution is 6.30. The number of hydrogen-bond donors (Lipinski definition) is 1. The fourth-order valence-electron chi connectivity index (χ4n) is 3.08. The van der Waals surface area contributed by atoms with E-state index in [1.165, 1.54) is 0 Å². The average molecular weight is 387 g/mol. The van der Waals surface area contributed by atoms with Crippen LogP contribution in [0.25, 0.3) is 11.0 Å². The van der Waals surface area contributed by atoms with Gasteiger partial charge in [0.05, 0.1) is 31.3 Å². The van der Waals surface area contributed by atoms with Crippen LogP contribution in [-0.2, 0) is 11.3 Å². The van der Waals surface area contributed by atoms with E-state index in [9.17, 15) is 4.79 Å². The van der Waals surface area contributed by atoms with Crippen LogP contribution in [0.4, 0.5) is 5.82 Å². The largest absolute Gasteiger partial charge is 0.378 e. The summed E-state index contributed by atoms with van der Waals surface area (Å²) in [5.41, 5.74) is 1.29. The Morgan fingerprint density at radius 3 is 2.93 bits per heavy atom. The molecule has 27 heavy (non-hydrogen) atoms. The molecule has 0 radical (unpaired) electrons. The standard InChI is InChI=1S/C18H19ClN6O2/c19-14-3-1-2-13(10-14)18(26)20-4-5-25-17-15(11-23-25)16(21-12-22-17)24-6-8-27-9-7-24/h1-3,10-12H,4-9H2,(H,20,26). The monoisotopic (exact) mass is 386 g/mol. The van der Waals surface area contributed by atoms with Gasteiger partial charge >= 0.3 is 0 Å². The number of morpholine rings is 1. The molecule has 8 nitrogen and oxygen atoms in total. The van der Waals surface area contributed by atoms with Crippen molar-refractivity contribution < 1.29 is 9.53 Å². The summed E-state index contributed by atoms with van der Waals surface area (Å²) in [6.45, 7) is 3.92. The van der Waals surface area contributed by atoms with Crippen molar-refractivity contribution >= 4 is 34.4 Å². The molecule has 140 valence electrons. The first-order chi connectivity index (χ1) is 13.2. The molecule has 4 rings (SSSR count). The number of benzene rings is 1. The number of anilines is 1. The third kappa shape index (κ3) is 3.86. The molecule has 1 aromatic carbocycles. The maximum Gasteiger partial charge on any atom is 0.251 e. The van der Waals surface area contributed by atoms with Gasteiger partial charge in [0.2, 0.25) is 0 Å². The SMILES string of the molecule is O=C(NCCn1ncc2c(N3CCOCC3)ncnc21)c1cccc(Cl)c1. The Bertz CT molecular complexity index is 954. The Hall–Kier alpha value is -2.71. The number of rotatable bonds is 5. The number of amides is 1. The summed E-state index contributed by atoms with van der Waals surface area (Å²) in [6, 6.07) is 6.86. The average Bonchev–Trinajstić information content (AvgIpc) is 3.12. The molecule has 9 heteroatoms. The number of carbonyl (C=O) groups excluding carboxylic acids is 1. The van der Waals surface area contributed by atoms with E-state index in [0.717, 1.165) is 29.9 Å². The van der Waals surface area contributed by atoms with Crippen molar-refractivity contribution in [2.24, 2.45) is 0 Å². The zero-order valence-corrected chi connectivity index (χ0v) is 15.4. The number of nitrogens with one attached hydrogen (secondary N) is 1. The summed E-state index contributed by atoms with van der Waals surface area (Å²) in [5, 5.41) is 8.74. The number of fused-ring (bicyclic) bond motifs is 1. The highest BCUT2D eigenvalue weighted by Gasteiger charge is 2.18. The van der Waals surface area contributed by atoms with Crippen molar-refractivity contribution in [3.05, 3.63) is 47.4 Å². The smallest absolute Gasteiger partial charge is 0.251 e. The second kappa shape index (κ2) is 7.89. The van der Waals surface area contributed by atoms with Crippen LogP contribution in [0.1, 0.15) is 10.4 Å². The van der Waals surface area contributed by atoms with Crippen LogP contribution < -0.4 is 10.2 Å². The van der Waals surface area contributed by atoms with Crippen LogP contribution in [0.5, 0.6) is 0 Å². The zero-order chi connectivity index (χ0) is 18.6. The quantitative estimate of drug-likeness (QED) is 0.719. The molecule has 3 aromatic rings. The Morgan fingerprint density at radius 1 is 1.26 bits per heavy atom. The van der Waals surface area contributed by atoms with E-state index in [2.05, 4.69) is 25.3 Å². The number of aromatic nitrogens is 4. The van der Waals surface area contributed by atoms with E-state index < -0.39 is 0 Å². The highest BCUT2D eigenvalue weighted by Crippen LogP contribution is 2.23. The molecule has 2 aromatic heterocycles. The van der Waals surface area contributed by atoms with Crippen molar-refractivity contribution in [1.82, 2.24) is 25.1 Å². The topological polar surface area (TPSA) is 85.2 Å². The summed E-state index contributed by atoms with van der Waals surface area (Å²) in [6.07, 6.45) is 3.33. The summed E-state index contributed by atoms with van der Waals surface area (Å²) < 4.78 is 7.18. The van der Waals surface area contributed by atoms with E-state index >= 15 is 0 Å². The fourth-order valence-corrected chi connectivity index (χ4v) is 3.27. The summed E-state index contributed by atoms with van der Waals surface area (Å²) in [5.74, 6) is 0.704. The molecule has 0 atom stereocenters. The third-order valence-electron chi connectivity index (χ3n) is 4.42. The van der Waals surface area contributed by atoms with Crippen LogP contribution >= 0.6 is 11.6 Å². The van der Waals surface area contributed by atoms with Gasteiger partial charge in [-0.2, -0.15) is 5.10 Å². The molecule has 0 bridgehead atoms. The molecule has 3 heterocycles. The van der Waals surface area contributed by atoms with E-state index in [-0.39, 0.29) is 5.91 Å². The van der Waals surface area contributed by atoms with Crippen LogP contribution in [0.3, 0.4) is 0 Å². The minimum absolute atomic E-state index is 0.169. The molecule has 1 aliphatic rings. The lowest BCUT2D eigenvalue weighted by molar-refractivity contribution is 0.0952.